The predicted molar refractivity (Wildman–Crippen MR) is 75.7 cm³/mol. The summed E-state index contributed by atoms with van der Waals surface area (Å²) in [4.78, 5) is 10.7. The monoisotopic (exact) mass is 294 g/mol. The maximum atomic E-state index is 10.7. The lowest BCUT2D eigenvalue weighted by molar-refractivity contribution is -0.0538. The van der Waals surface area contributed by atoms with E-state index in [1.165, 1.54) is 13.2 Å². The topological polar surface area (TPSA) is 91.6 Å². The van der Waals surface area contributed by atoms with Gasteiger partial charge in [0.15, 0.2) is 17.7 Å². The summed E-state index contributed by atoms with van der Waals surface area (Å²) in [6.07, 6.45) is 2.22. The summed E-state index contributed by atoms with van der Waals surface area (Å²) >= 11 is 0. The Bertz CT molecular complexity index is 532. The lowest BCUT2D eigenvalue weighted by atomic mass is 10.1. The van der Waals surface area contributed by atoms with Crippen molar-refractivity contribution in [3.8, 4) is 11.5 Å². The highest BCUT2D eigenvalue weighted by Gasteiger charge is 2.24. The van der Waals surface area contributed by atoms with E-state index in [9.17, 15) is 9.90 Å². The van der Waals surface area contributed by atoms with Crippen molar-refractivity contribution in [2.45, 2.75) is 25.5 Å². The van der Waals surface area contributed by atoms with Gasteiger partial charge in [-0.05, 0) is 36.6 Å². The van der Waals surface area contributed by atoms with Gasteiger partial charge in [-0.25, -0.2) is 4.79 Å². The molecular weight excluding hydrogens is 276 g/mol. The third-order valence-corrected chi connectivity index (χ3v) is 3.22. The molecule has 0 bridgehead atoms. The number of aromatic hydroxyl groups is 1. The molecule has 0 spiro atoms. The second-order valence-corrected chi connectivity index (χ2v) is 4.67. The normalized spacial score (nSPS) is 18.7. The molecule has 114 valence electrons. The van der Waals surface area contributed by atoms with Crippen LogP contribution in [0.15, 0.2) is 23.3 Å². The van der Waals surface area contributed by atoms with Crippen LogP contribution in [0.1, 0.15) is 24.8 Å². The van der Waals surface area contributed by atoms with Crippen molar-refractivity contribution in [3.05, 3.63) is 23.8 Å². The van der Waals surface area contributed by atoms with Gasteiger partial charge in [0.25, 0.3) is 0 Å². The van der Waals surface area contributed by atoms with Crippen LogP contribution in [0.5, 0.6) is 11.5 Å². The number of hydrazone groups is 1. The first-order valence-corrected chi connectivity index (χ1v) is 6.67. The fourth-order valence-electron chi connectivity index (χ4n) is 2.17. The van der Waals surface area contributed by atoms with Gasteiger partial charge in [0.1, 0.15) is 0 Å². The molecule has 1 saturated heterocycles. The Balaban J connectivity index is 2.09. The Morgan fingerprint density at radius 2 is 2.29 bits per heavy atom. The molecule has 21 heavy (non-hydrogen) atoms. The Morgan fingerprint density at radius 3 is 3.00 bits per heavy atom. The largest absolute Gasteiger partial charge is 0.507 e. The Morgan fingerprint density at radius 1 is 1.48 bits per heavy atom. The van der Waals surface area contributed by atoms with Gasteiger partial charge in [-0.2, -0.15) is 5.10 Å². The van der Waals surface area contributed by atoms with Crippen molar-refractivity contribution in [2.24, 2.45) is 5.10 Å². The van der Waals surface area contributed by atoms with Crippen LogP contribution in [0, 0.1) is 0 Å². The summed E-state index contributed by atoms with van der Waals surface area (Å²) in [6, 6.07) is 4.86. The molecule has 1 aliphatic heterocycles. The van der Waals surface area contributed by atoms with Crippen molar-refractivity contribution in [1.29, 1.82) is 0 Å². The standard InChI is InChI=1S/C14H18N2O5/c1-20-12-8-10(5-6-11(12)17)9-15-16-7-3-2-4-13(16)21-14(18)19/h5-6,8-9,13,17H,2-4,7H2,1H3,(H,18,19)/b15-9+. The molecule has 1 heterocycles. The molecule has 1 aromatic carbocycles. The van der Waals surface area contributed by atoms with Gasteiger partial charge in [-0.1, -0.05) is 0 Å². The molecule has 0 radical (unpaired) electrons. The third-order valence-electron chi connectivity index (χ3n) is 3.22. The van der Waals surface area contributed by atoms with E-state index in [2.05, 4.69) is 5.10 Å². The van der Waals surface area contributed by atoms with E-state index < -0.39 is 12.4 Å². The molecule has 1 aromatic rings. The number of phenolic OH excluding ortho intramolecular Hbond substituents is 1. The number of nitrogens with zero attached hydrogens (tertiary/aromatic N) is 2. The molecule has 1 aliphatic rings. The molecule has 2 N–H and O–H groups in total. The van der Waals surface area contributed by atoms with Crippen LogP contribution in [0.2, 0.25) is 0 Å². The number of benzene rings is 1. The summed E-state index contributed by atoms with van der Waals surface area (Å²) in [5, 5.41) is 24.1. The SMILES string of the molecule is COc1cc(/C=N/N2CCCCC2OC(=O)O)ccc1O. The second kappa shape index (κ2) is 6.83. The molecule has 0 aliphatic carbocycles. The zero-order valence-electron chi connectivity index (χ0n) is 11.7. The van der Waals surface area contributed by atoms with Gasteiger partial charge in [0.2, 0.25) is 0 Å². The smallest absolute Gasteiger partial charge is 0.504 e. The van der Waals surface area contributed by atoms with Crippen LogP contribution < -0.4 is 4.74 Å². The molecule has 1 fully saturated rings. The van der Waals surface area contributed by atoms with Crippen LogP contribution in [-0.4, -0.2) is 47.5 Å². The predicted octanol–water partition coefficient (Wildman–Crippen LogP) is 2.24. The number of carbonyl (C=O) groups is 1. The quantitative estimate of drug-likeness (QED) is 0.653. The lowest BCUT2D eigenvalue weighted by Crippen LogP contribution is -2.38. The lowest BCUT2D eigenvalue weighted by Gasteiger charge is -2.31. The highest BCUT2D eigenvalue weighted by molar-refractivity contribution is 5.80. The molecule has 2 rings (SSSR count). The van der Waals surface area contributed by atoms with Crippen molar-refractivity contribution < 1.29 is 24.5 Å². The summed E-state index contributed by atoms with van der Waals surface area (Å²) in [5.41, 5.74) is 0.740. The summed E-state index contributed by atoms with van der Waals surface area (Å²) in [6.45, 7) is 0.643. The van der Waals surface area contributed by atoms with E-state index in [4.69, 9.17) is 14.6 Å². The maximum Gasteiger partial charge on any atom is 0.507 e. The van der Waals surface area contributed by atoms with E-state index in [-0.39, 0.29) is 5.75 Å². The van der Waals surface area contributed by atoms with Crippen LogP contribution in [0.25, 0.3) is 0 Å². The molecule has 0 saturated carbocycles. The molecule has 1 atom stereocenters. The fourth-order valence-corrected chi connectivity index (χ4v) is 2.17. The Hall–Kier alpha value is -2.44. The van der Waals surface area contributed by atoms with Crippen molar-refractivity contribution in [2.75, 3.05) is 13.7 Å². The van der Waals surface area contributed by atoms with E-state index in [0.717, 1.165) is 18.4 Å². The number of hydrogen-bond donors (Lipinski definition) is 2. The zero-order chi connectivity index (χ0) is 15.2. The summed E-state index contributed by atoms with van der Waals surface area (Å²) in [7, 11) is 1.47. The summed E-state index contributed by atoms with van der Waals surface area (Å²) in [5.74, 6) is 0.413. The van der Waals surface area contributed by atoms with E-state index >= 15 is 0 Å². The van der Waals surface area contributed by atoms with Crippen molar-refractivity contribution in [1.82, 2.24) is 5.01 Å². The molecule has 7 heteroatoms. The van der Waals surface area contributed by atoms with Gasteiger partial charge in [-0.15, -0.1) is 0 Å². The molecule has 7 nitrogen and oxygen atoms in total. The van der Waals surface area contributed by atoms with Gasteiger partial charge >= 0.3 is 6.16 Å². The Kier molecular flexibility index (Phi) is 4.86. The highest BCUT2D eigenvalue weighted by Crippen LogP contribution is 2.26. The fraction of sp³-hybridized carbons (Fsp3) is 0.429. The van der Waals surface area contributed by atoms with Crippen LogP contribution in [-0.2, 0) is 4.74 Å². The molecule has 1 unspecified atom stereocenters. The number of piperidine rings is 1. The van der Waals surface area contributed by atoms with Gasteiger partial charge in [0.05, 0.1) is 13.3 Å². The first-order chi connectivity index (χ1) is 10.1. The number of phenols is 1. The highest BCUT2D eigenvalue weighted by atomic mass is 16.7. The van der Waals surface area contributed by atoms with E-state index in [1.54, 1.807) is 23.4 Å². The summed E-state index contributed by atoms with van der Waals surface area (Å²) < 4.78 is 9.84. The van der Waals surface area contributed by atoms with Crippen molar-refractivity contribution in [3.63, 3.8) is 0 Å². The van der Waals surface area contributed by atoms with Gasteiger partial charge in [0, 0.05) is 13.0 Å². The van der Waals surface area contributed by atoms with Crippen LogP contribution in [0.3, 0.4) is 0 Å². The number of hydrogen-bond acceptors (Lipinski definition) is 6. The molecule has 0 amide bonds. The van der Waals surface area contributed by atoms with E-state index in [1.807, 2.05) is 0 Å². The molecule has 0 aromatic heterocycles. The van der Waals surface area contributed by atoms with E-state index in [0.29, 0.717) is 18.7 Å². The number of carboxylic acid groups (broad SMARTS) is 1. The first kappa shape index (κ1) is 15.0. The number of ether oxygens (including phenoxy) is 2. The second-order valence-electron chi connectivity index (χ2n) is 4.67. The van der Waals surface area contributed by atoms with Crippen LogP contribution >= 0.6 is 0 Å². The van der Waals surface area contributed by atoms with Gasteiger partial charge < -0.3 is 19.7 Å². The minimum absolute atomic E-state index is 0.0553. The van der Waals surface area contributed by atoms with Crippen LogP contribution in [0.4, 0.5) is 4.79 Å². The first-order valence-electron chi connectivity index (χ1n) is 6.67. The average molecular weight is 294 g/mol. The maximum absolute atomic E-state index is 10.7. The molecular formula is C14H18N2O5. The minimum Gasteiger partial charge on any atom is -0.504 e. The third kappa shape index (κ3) is 4.01. The Labute approximate surface area is 122 Å². The number of methoxy groups -OCH3 is 1. The van der Waals surface area contributed by atoms with Crippen molar-refractivity contribution >= 4 is 12.4 Å². The average Bonchev–Trinajstić information content (AvgIpc) is 2.47. The number of rotatable bonds is 4. The van der Waals surface area contributed by atoms with Gasteiger partial charge in [-0.3, -0.25) is 5.01 Å². The zero-order valence-corrected chi connectivity index (χ0v) is 11.7. The minimum atomic E-state index is -1.30.